The molecule has 0 bridgehead atoms. The summed E-state index contributed by atoms with van der Waals surface area (Å²) in [6, 6.07) is 0. The molecule has 0 aromatic carbocycles. The summed E-state index contributed by atoms with van der Waals surface area (Å²) >= 11 is 0. The second-order valence-corrected chi connectivity index (χ2v) is 2.47. The molecule has 0 saturated carbocycles. The van der Waals surface area contributed by atoms with Gasteiger partial charge in [0, 0.05) is 0 Å². The van der Waals surface area contributed by atoms with Crippen molar-refractivity contribution in [1.29, 1.82) is 0 Å². The van der Waals surface area contributed by atoms with E-state index in [2.05, 4.69) is 0 Å². The maximum Gasteiger partial charge on any atom is 0.110 e. The zero-order valence-corrected chi connectivity index (χ0v) is 6.25. The number of hydrogen-bond acceptors (Lipinski definition) is 5. The zero-order valence-electron chi connectivity index (χ0n) is 6.25. The lowest BCUT2D eigenvalue weighted by molar-refractivity contribution is -0.110. The van der Waals surface area contributed by atoms with Gasteiger partial charge in [-0.25, -0.2) is 0 Å². The lowest BCUT2D eigenvalue weighted by Gasteiger charge is -2.23. The van der Waals surface area contributed by atoms with Crippen LogP contribution in [0.5, 0.6) is 0 Å². The number of aliphatic hydroxyl groups excluding tert-OH is 5. The van der Waals surface area contributed by atoms with Crippen molar-refractivity contribution < 1.29 is 25.5 Å². The van der Waals surface area contributed by atoms with E-state index in [-0.39, 0.29) is 0 Å². The van der Waals surface area contributed by atoms with E-state index < -0.39 is 31.0 Å². The normalized spacial score (nSPS) is 22.4. The van der Waals surface area contributed by atoms with Gasteiger partial charge in [0.15, 0.2) is 0 Å². The largest absolute Gasteiger partial charge is 0.394 e. The van der Waals surface area contributed by atoms with Crippen LogP contribution >= 0.6 is 0 Å². The maximum atomic E-state index is 8.94. The van der Waals surface area contributed by atoms with Crippen LogP contribution in [0, 0.1) is 0 Å². The van der Waals surface area contributed by atoms with Crippen molar-refractivity contribution in [2.45, 2.75) is 31.3 Å². The molecule has 5 N–H and O–H groups in total. The van der Waals surface area contributed by atoms with Crippen molar-refractivity contribution in [2.24, 2.45) is 0 Å². The SMILES string of the molecule is CC(O)C(O)[C@@H](O)C(O)CO. The van der Waals surface area contributed by atoms with Gasteiger partial charge in [0.2, 0.25) is 0 Å². The molecule has 0 heterocycles. The molecule has 0 aliphatic rings. The average molecular weight is 166 g/mol. The van der Waals surface area contributed by atoms with Crippen LogP contribution in [0.25, 0.3) is 0 Å². The molecule has 0 rings (SSSR count). The topological polar surface area (TPSA) is 101 Å². The van der Waals surface area contributed by atoms with Crippen molar-refractivity contribution in [3.05, 3.63) is 0 Å². The van der Waals surface area contributed by atoms with Crippen LogP contribution in [-0.2, 0) is 0 Å². The van der Waals surface area contributed by atoms with Crippen LogP contribution in [-0.4, -0.2) is 56.6 Å². The van der Waals surface area contributed by atoms with Gasteiger partial charge >= 0.3 is 0 Å². The fourth-order valence-corrected chi connectivity index (χ4v) is 0.621. The van der Waals surface area contributed by atoms with Gasteiger partial charge in [-0.1, -0.05) is 0 Å². The van der Waals surface area contributed by atoms with Crippen LogP contribution in [0.3, 0.4) is 0 Å². The molecule has 3 unspecified atom stereocenters. The molecule has 68 valence electrons. The molecule has 5 nitrogen and oxygen atoms in total. The monoisotopic (exact) mass is 166 g/mol. The van der Waals surface area contributed by atoms with E-state index in [4.69, 9.17) is 25.5 Å². The van der Waals surface area contributed by atoms with E-state index in [1.807, 2.05) is 0 Å². The van der Waals surface area contributed by atoms with Gasteiger partial charge in [0.25, 0.3) is 0 Å². The number of rotatable bonds is 4. The quantitative estimate of drug-likeness (QED) is 0.316. The fourth-order valence-electron chi connectivity index (χ4n) is 0.621. The van der Waals surface area contributed by atoms with Gasteiger partial charge in [-0.2, -0.15) is 0 Å². The Morgan fingerprint density at radius 1 is 1.00 bits per heavy atom. The number of aliphatic hydroxyl groups is 5. The highest BCUT2D eigenvalue weighted by Gasteiger charge is 2.27. The molecule has 0 aromatic rings. The Hall–Kier alpha value is -0.200. The molecule has 0 amide bonds. The summed E-state index contributed by atoms with van der Waals surface area (Å²) in [5, 5.41) is 43.7. The molecule has 0 aliphatic carbocycles. The minimum absolute atomic E-state index is 0.648. The van der Waals surface area contributed by atoms with Gasteiger partial charge in [0.05, 0.1) is 12.7 Å². The van der Waals surface area contributed by atoms with E-state index in [1.165, 1.54) is 6.92 Å². The Morgan fingerprint density at radius 3 is 1.73 bits per heavy atom. The zero-order chi connectivity index (χ0) is 9.02. The Labute approximate surface area is 64.5 Å². The molecule has 0 saturated heterocycles. The summed E-state index contributed by atoms with van der Waals surface area (Å²) < 4.78 is 0. The van der Waals surface area contributed by atoms with Crippen LogP contribution in [0.1, 0.15) is 6.92 Å². The Bertz CT molecular complexity index is 105. The molecule has 5 heteroatoms. The first kappa shape index (κ1) is 10.8. The van der Waals surface area contributed by atoms with Crippen LogP contribution in [0.4, 0.5) is 0 Å². The van der Waals surface area contributed by atoms with Crippen molar-refractivity contribution >= 4 is 0 Å². The second kappa shape index (κ2) is 4.63. The van der Waals surface area contributed by atoms with Gasteiger partial charge in [-0.05, 0) is 6.92 Å². The Balaban J connectivity index is 3.90. The van der Waals surface area contributed by atoms with Gasteiger partial charge in [-0.3, -0.25) is 0 Å². The van der Waals surface area contributed by atoms with Crippen molar-refractivity contribution in [3.63, 3.8) is 0 Å². The standard InChI is InChI=1S/C6H14O5/c1-3(8)5(10)6(11)4(9)2-7/h3-11H,2H2,1H3/t3?,4?,5?,6-/m0/s1. The first-order valence-electron chi connectivity index (χ1n) is 3.33. The molecular weight excluding hydrogens is 152 g/mol. The Kier molecular flexibility index (Phi) is 4.55. The molecule has 11 heavy (non-hydrogen) atoms. The highest BCUT2D eigenvalue weighted by molar-refractivity contribution is 4.77. The molecule has 0 radical (unpaired) electrons. The summed E-state index contributed by atoms with van der Waals surface area (Å²) in [6.45, 7) is 0.628. The first-order chi connectivity index (χ1) is 5.00. The van der Waals surface area contributed by atoms with Crippen LogP contribution in [0.15, 0.2) is 0 Å². The maximum absolute atomic E-state index is 8.94. The highest BCUT2D eigenvalue weighted by atomic mass is 16.4. The summed E-state index contributed by atoms with van der Waals surface area (Å²) in [7, 11) is 0. The van der Waals surface area contributed by atoms with Gasteiger partial charge in [-0.15, -0.1) is 0 Å². The molecule has 4 atom stereocenters. The summed E-state index contributed by atoms with van der Waals surface area (Å²) in [4.78, 5) is 0. The van der Waals surface area contributed by atoms with E-state index in [1.54, 1.807) is 0 Å². The van der Waals surface area contributed by atoms with Crippen LogP contribution < -0.4 is 0 Å². The lowest BCUT2D eigenvalue weighted by Crippen LogP contribution is -2.44. The predicted octanol–water partition coefficient (Wildman–Crippen LogP) is -2.56. The van der Waals surface area contributed by atoms with Crippen molar-refractivity contribution in [1.82, 2.24) is 0 Å². The summed E-state index contributed by atoms with van der Waals surface area (Å²) in [5.74, 6) is 0. The average Bonchev–Trinajstić information content (AvgIpc) is 2.00. The second-order valence-electron chi connectivity index (χ2n) is 2.47. The minimum atomic E-state index is -1.51. The predicted molar refractivity (Wildman–Crippen MR) is 36.8 cm³/mol. The fraction of sp³-hybridized carbons (Fsp3) is 1.00. The van der Waals surface area contributed by atoms with Gasteiger partial charge in [0.1, 0.15) is 18.3 Å². The van der Waals surface area contributed by atoms with Gasteiger partial charge < -0.3 is 25.5 Å². The van der Waals surface area contributed by atoms with E-state index in [9.17, 15) is 0 Å². The third-order valence-electron chi connectivity index (χ3n) is 1.43. The minimum Gasteiger partial charge on any atom is -0.394 e. The molecule has 0 spiro atoms. The van der Waals surface area contributed by atoms with Crippen molar-refractivity contribution in [3.8, 4) is 0 Å². The van der Waals surface area contributed by atoms with E-state index in [0.717, 1.165) is 0 Å². The molecule has 0 aliphatic heterocycles. The smallest absolute Gasteiger partial charge is 0.110 e. The summed E-state index contributed by atoms with van der Waals surface area (Å²) in [6.07, 6.45) is -5.50. The third-order valence-corrected chi connectivity index (χ3v) is 1.43. The van der Waals surface area contributed by atoms with Crippen LogP contribution in [0.2, 0.25) is 0 Å². The third kappa shape index (κ3) is 3.13. The highest BCUT2D eigenvalue weighted by Crippen LogP contribution is 2.03. The van der Waals surface area contributed by atoms with Crippen molar-refractivity contribution in [2.75, 3.05) is 6.61 Å². The van der Waals surface area contributed by atoms with E-state index in [0.29, 0.717) is 0 Å². The van der Waals surface area contributed by atoms with E-state index >= 15 is 0 Å². The summed E-state index contributed by atoms with van der Waals surface area (Å²) in [5.41, 5.74) is 0. The molecule has 0 aromatic heterocycles. The first-order valence-corrected chi connectivity index (χ1v) is 3.33. The number of hydrogen-bond donors (Lipinski definition) is 5. The molecular formula is C6H14O5. The molecule has 0 fully saturated rings. The lowest BCUT2D eigenvalue weighted by atomic mass is 10.1. The Morgan fingerprint density at radius 2 is 1.45 bits per heavy atom.